The van der Waals surface area contributed by atoms with E-state index in [4.69, 9.17) is 5.84 Å². The number of amidine groups is 1. The second kappa shape index (κ2) is 2.12. The van der Waals surface area contributed by atoms with Gasteiger partial charge in [0.1, 0.15) is 0 Å². The van der Waals surface area contributed by atoms with Crippen molar-refractivity contribution in [1.29, 1.82) is 0 Å². The summed E-state index contributed by atoms with van der Waals surface area (Å²) in [6, 6.07) is 0. The third-order valence-electron chi connectivity index (χ3n) is 1.01. The molecule has 1 rings (SSSR count). The Morgan fingerprint density at radius 2 is 2.09 bits per heavy atom. The molecule has 0 unspecified atom stereocenters. The normalized spacial score (nSPS) is 18.4. The Balaban J connectivity index is 2.80. The molecule has 62 valence electrons. The summed E-state index contributed by atoms with van der Waals surface area (Å²) < 4.78 is 35.4. The molecule has 0 aromatic carbocycles. The van der Waals surface area contributed by atoms with Crippen LogP contribution in [0.15, 0.2) is 17.4 Å². The number of hydrogen-bond donors (Lipinski definition) is 2. The fourth-order valence-electron chi connectivity index (χ4n) is 0.513. The van der Waals surface area contributed by atoms with Crippen molar-refractivity contribution < 1.29 is 13.2 Å². The lowest BCUT2D eigenvalue weighted by Crippen LogP contribution is -2.45. The molecule has 1 aliphatic heterocycles. The van der Waals surface area contributed by atoms with Crippen LogP contribution in [0.3, 0.4) is 0 Å². The van der Waals surface area contributed by atoms with Gasteiger partial charge in [0.05, 0.1) is 0 Å². The Bertz CT molecular complexity index is 218. The molecule has 0 atom stereocenters. The van der Waals surface area contributed by atoms with E-state index >= 15 is 0 Å². The molecule has 0 bridgehead atoms. The zero-order valence-corrected chi connectivity index (χ0v) is 5.31. The van der Waals surface area contributed by atoms with Crippen molar-refractivity contribution in [1.82, 2.24) is 10.5 Å². The van der Waals surface area contributed by atoms with Crippen LogP contribution in [0, 0.1) is 0 Å². The van der Waals surface area contributed by atoms with Gasteiger partial charge in [-0.25, -0.2) is 16.0 Å². The van der Waals surface area contributed by atoms with Gasteiger partial charge in [0.15, 0.2) is 5.82 Å². The molecule has 1 aliphatic rings. The molecule has 7 heteroatoms. The lowest BCUT2D eigenvalue weighted by molar-refractivity contribution is -0.0630. The summed E-state index contributed by atoms with van der Waals surface area (Å²) >= 11 is 0. The molecule has 0 spiro atoms. The van der Waals surface area contributed by atoms with Crippen LogP contribution in [0.1, 0.15) is 0 Å². The first-order valence-corrected chi connectivity index (χ1v) is 2.57. The largest absolute Gasteiger partial charge is 0.451 e. The van der Waals surface area contributed by atoms with Crippen molar-refractivity contribution in [3.8, 4) is 0 Å². The van der Waals surface area contributed by atoms with Crippen LogP contribution >= 0.6 is 0 Å². The van der Waals surface area contributed by atoms with Gasteiger partial charge in [-0.15, -0.1) is 0 Å². The number of hydrogen-bond acceptors (Lipinski definition) is 4. The summed E-state index contributed by atoms with van der Waals surface area (Å²) in [5.74, 6) is 3.66. The van der Waals surface area contributed by atoms with Crippen LogP contribution in [0.2, 0.25) is 0 Å². The molecular formula is C4H5F3N4. The molecule has 0 radical (unpaired) electrons. The fourth-order valence-corrected chi connectivity index (χ4v) is 0.513. The van der Waals surface area contributed by atoms with Crippen LogP contribution in [0.25, 0.3) is 0 Å². The maximum absolute atomic E-state index is 11.8. The lowest BCUT2D eigenvalue weighted by Gasteiger charge is -2.11. The van der Waals surface area contributed by atoms with Crippen molar-refractivity contribution in [3.05, 3.63) is 12.4 Å². The number of halogens is 3. The molecule has 0 amide bonds. The smallest absolute Gasteiger partial charge is 0.261 e. The van der Waals surface area contributed by atoms with E-state index in [2.05, 4.69) is 11.6 Å². The molecular weight excluding hydrogens is 161 g/mol. The molecule has 11 heavy (non-hydrogen) atoms. The van der Waals surface area contributed by atoms with Gasteiger partial charge in [-0.05, 0) is 0 Å². The Morgan fingerprint density at radius 3 is 2.27 bits per heavy atom. The number of nitrogens with two attached hydrogens (primary N) is 1. The number of aliphatic imine (C=N–C) groups is 1. The van der Waals surface area contributed by atoms with Crippen LogP contribution in [0.4, 0.5) is 13.2 Å². The van der Waals surface area contributed by atoms with Gasteiger partial charge in [-0.2, -0.15) is 13.2 Å². The summed E-state index contributed by atoms with van der Waals surface area (Å²) in [7, 11) is 0. The number of nitrogens with zero attached hydrogens (tertiary/aromatic N) is 2. The predicted octanol–water partition coefficient (Wildman–Crippen LogP) is 0.112. The highest BCUT2D eigenvalue weighted by molar-refractivity contribution is 5.89. The highest BCUT2D eigenvalue weighted by atomic mass is 19.4. The summed E-state index contributed by atoms with van der Waals surface area (Å²) in [6.07, 6.45) is -4.50. The lowest BCUT2D eigenvalue weighted by atomic mass is 10.6. The first kappa shape index (κ1) is 7.86. The summed E-state index contributed by atoms with van der Waals surface area (Å²) in [5, 5.41) is 0.600. The van der Waals surface area contributed by atoms with Crippen LogP contribution < -0.4 is 11.3 Å². The van der Waals surface area contributed by atoms with E-state index in [0.29, 0.717) is 5.12 Å². The van der Waals surface area contributed by atoms with Gasteiger partial charge in [0, 0.05) is 0 Å². The molecule has 1 heterocycles. The molecule has 4 nitrogen and oxygen atoms in total. The molecule has 0 saturated heterocycles. The first-order valence-electron chi connectivity index (χ1n) is 2.57. The summed E-state index contributed by atoms with van der Waals surface area (Å²) in [5.41, 5.74) is 1.78. The number of rotatable bonds is 0. The van der Waals surface area contributed by atoms with Crippen molar-refractivity contribution in [2.45, 2.75) is 6.18 Å². The van der Waals surface area contributed by atoms with E-state index in [9.17, 15) is 13.2 Å². The average Bonchev–Trinajstić information content (AvgIpc) is 2.11. The van der Waals surface area contributed by atoms with Crippen LogP contribution in [0.5, 0.6) is 0 Å². The molecule has 3 N–H and O–H groups in total. The van der Waals surface area contributed by atoms with Gasteiger partial charge >= 0.3 is 6.18 Å². The maximum atomic E-state index is 11.8. The first-order chi connectivity index (χ1) is 4.91. The third kappa shape index (κ3) is 1.43. The minimum atomic E-state index is -4.50. The van der Waals surface area contributed by atoms with Crippen molar-refractivity contribution >= 4 is 5.84 Å². The number of nitrogens with one attached hydrogen (secondary N) is 1. The summed E-state index contributed by atoms with van der Waals surface area (Å²) in [6.45, 7) is 3.15. The van der Waals surface area contributed by atoms with E-state index in [1.165, 1.54) is 0 Å². The van der Waals surface area contributed by atoms with Gasteiger partial charge in [-0.3, -0.25) is 5.43 Å². The van der Waals surface area contributed by atoms with Gasteiger partial charge in [-0.1, -0.05) is 6.58 Å². The van der Waals surface area contributed by atoms with E-state index in [1.54, 1.807) is 5.43 Å². The molecule has 0 aliphatic carbocycles. The van der Waals surface area contributed by atoms with E-state index in [-0.39, 0.29) is 5.82 Å². The SMILES string of the molecule is C=C1N=C(C(F)(F)F)NN1N. The fraction of sp³-hybridized carbons (Fsp3) is 0.250. The van der Waals surface area contributed by atoms with Crippen molar-refractivity contribution in [2.24, 2.45) is 10.8 Å². The quantitative estimate of drug-likeness (QED) is 0.502. The summed E-state index contributed by atoms with van der Waals surface area (Å²) in [4.78, 5) is 3.03. The van der Waals surface area contributed by atoms with Crippen molar-refractivity contribution in [3.63, 3.8) is 0 Å². The van der Waals surface area contributed by atoms with Crippen LogP contribution in [-0.2, 0) is 0 Å². The van der Waals surface area contributed by atoms with Crippen molar-refractivity contribution in [2.75, 3.05) is 0 Å². The Hall–Kier alpha value is -1.24. The second-order valence-corrected chi connectivity index (χ2v) is 1.86. The molecule has 0 fully saturated rings. The minimum absolute atomic E-state index is 0.169. The standard InChI is InChI=1S/C4H5F3N4/c1-2-9-3(4(5,6)7)10-11(2)8/h1,8H2,(H,9,10). The average molecular weight is 166 g/mol. The second-order valence-electron chi connectivity index (χ2n) is 1.86. The number of hydrazine groups is 2. The Morgan fingerprint density at radius 1 is 1.55 bits per heavy atom. The molecule has 0 aromatic rings. The van der Waals surface area contributed by atoms with Crippen LogP contribution in [-0.4, -0.2) is 17.1 Å². The topological polar surface area (TPSA) is 53.7 Å². The maximum Gasteiger partial charge on any atom is 0.451 e. The Labute approximate surface area is 60.1 Å². The zero-order valence-electron chi connectivity index (χ0n) is 5.31. The zero-order chi connectivity index (χ0) is 8.65. The van der Waals surface area contributed by atoms with E-state index < -0.39 is 12.0 Å². The molecule has 0 saturated carbocycles. The highest BCUT2D eigenvalue weighted by Gasteiger charge is 2.40. The number of alkyl halides is 3. The third-order valence-corrected chi connectivity index (χ3v) is 1.01. The van der Waals surface area contributed by atoms with Gasteiger partial charge in [0.25, 0.3) is 0 Å². The van der Waals surface area contributed by atoms with Gasteiger partial charge in [0.2, 0.25) is 5.84 Å². The van der Waals surface area contributed by atoms with Gasteiger partial charge < -0.3 is 0 Å². The van der Waals surface area contributed by atoms with E-state index in [0.717, 1.165) is 0 Å². The molecule has 0 aromatic heterocycles. The van der Waals surface area contributed by atoms with E-state index in [1.807, 2.05) is 0 Å². The monoisotopic (exact) mass is 166 g/mol. The highest BCUT2D eigenvalue weighted by Crippen LogP contribution is 2.20. The minimum Gasteiger partial charge on any atom is -0.261 e. The predicted molar refractivity (Wildman–Crippen MR) is 31.8 cm³/mol. The Kier molecular flexibility index (Phi) is 1.52.